The van der Waals surface area contributed by atoms with Gasteiger partial charge in [-0.25, -0.2) is 4.79 Å². The summed E-state index contributed by atoms with van der Waals surface area (Å²) in [4.78, 5) is 39.3. The zero-order valence-electron chi connectivity index (χ0n) is 18.9. The van der Waals surface area contributed by atoms with Crippen LogP contribution < -0.4 is 5.32 Å². The van der Waals surface area contributed by atoms with Gasteiger partial charge in [0, 0.05) is 24.5 Å². The van der Waals surface area contributed by atoms with Crippen LogP contribution in [0.3, 0.4) is 0 Å². The van der Waals surface area contributed by atoms with Crippen molar-refractivity contribution >= 4 is 18.0 Å². The first-order valence-corrected chi connectivity index (χ1v) is 12.1. The van der Waals surface area contributed by atoms with Gasteiger partial charge >= 0.3 is 12.1 Å². The molecule has 176 valence electrons. The van der Waals surface area contributed by atoms with E-state index in [0.29, 0.717) is 19.3 Å². The molecule has 4 aliphatic rings. The van der Waals surface area contributed by atoms with E-state index in [-0.39, 0.29) is 37.1 Å². The normalized spacial score (nSPS) is 25.5. The molecule has 3 unspecified atom stereocenters. The Labute approximate surface area is 198 Å². The number of carbonyl (C=O) groups is 3. The highest BCUT2D eigenvalue weighted by molar-refractivity contribution is 5.88. The van der Waals surface area contributed by atoms with E-state index in [1.165, 1.54) is 11.1 Å². The molecular weight excluding hydrogens is 432 g/mol. The van der Waals surface area contributed by atoms with Crippen molar-refractivity contribution in [2.45, 2.75) is 50.1 Å². The van der Waals surface area contributed by atoms with E-state index >= 15 is 0 Å². The Hall–Kier alpha value is -3.35. The Morgan fingerprint density at radius 2 is 1.65 bits per heavy atom. The number of carboxylic acid groups (broad SMARTS) is 1. The van der Waals surface area contributed by atoms with Crippen molar-refractivity contribution in [1.29, 1.82) is 0 Å². The Morgan fingerprint density at radius 3 is 2.24 bits per heavy atom. The minimum atomic E-state index is -0.813. The number of ether oxygens (including phenoxy) is 1. The molecule has 2 heterocycles. The molecule has 0 radical (unpaired) electrons. The molecule has 0 spiro atoms. The summed E-state index contributed by atoms with van der Waals surface area (Å²) in [7, 11) is 0. The molecule has 7 heteroatoms. The van der Waals surface area contributed by atoms with Gasteiger partial charge in [0.25, 0.3) is 0 Å². The van der Waals surface area contributed by atoms with Crippen LogP contribution in [0.4, 0.5) is 4.79 Å². The summed E-state index contributed by atoms with van der Waals surface area (Å²) in [6.07, 6.45) is 3.07. The molecule has 3 fully saturated rings. The standard InChI is InChI=1S/C27H28N2O5/c30-24(31)21-13-16-9-10-23(21)29(16)25(32)27(11-12-27)15-28-26(33)34-14-22-19-7-3-1-5-17(19)18-6-2-4-8-20(18)22/h1-8,16,21-23H,9-15H2,(H,28,33)(H,30,31). The van der Waals surface area contributed by atoms with Gasteiger partial charge in [0.1, 0.15) is 6.61 Å². The van der Waals surface area contributed by atoms with Crippen molar-refractivity contribution in [3.05, 3.63) is 59.7 Å². The fourth-order valence-corrected chi connectivity index (χ4v) is 6.35. The van der Waals surface area contributed by atoms with Crippen molar-refractivity contribution in [2.75, 3.05) is 13.2 Å². The number of hydrogen-bond donors (Lipinski definition) is 2. The highest BCUT2D eigenvalue weighted by Gasteiger charge is 2.59. The van der Waals surface area contributed by atoms with Crippen molar-refractivity contribution in [1.82, 2.24) is 10.2 Å². The number of carboxylic acids is 1. The first-order valence-electron chi connectivity index (χ1n) is 12.1. The maximum absolute atomic E-state index is 13.4. The second-order valence-electron chi connectivity index (χ2n) is 10.2. The van der Waals surface area contributed by atoms with Crippen molar-refractivity contribution in [2.24, 2.45) is 11.3 Å². The fourth-order valence-electron chi connectivity index (χ4n) is 6.35. The third-order valence-electron chi connectivity index (χ3n) is 8.31. The van der Waals surface area contributed by atoms with Gasteiger partial charge in [-0.3, -0.25) is 9.59 Å². The van der Waals surface area contributed by atoms with Crippen molar-refractivity contribution in [3.8, 4) is 11.1 Å². The molecule has 2 aromatic carbocycles. The summed E-state index contributed by atoms with van der Waals surface area (Å²) in [5.41, 5.74) is 4.05. The van der Waals surface area contributed by atoms with Gasteiger partial charge < -0.3 is 20.1 Å². The second kappa shape index (κ2) is 7.86. The van der Waals surface area contributed by atoms with E-state index in [2.05, 4.69) is 29.6 Å². The van der Waals surface area contributed by atoms with Crippen LogP contribution in [0, 0.1) is 11.3 Å². The number of alkyl carbamates (subject to hydrolysis) is 1. The largest absolute Gasteiger partial charge is 0.481 e. The summed E-state index contributed by atoms with van der Waals surface area (Å²) in [5, 5.41) is 12.3. The smallest absolute Gasteiger partial charge is 0.407 e. The average Bonchev–Trinajstić information content (AvgIpc) is 3.27. The monoisotopic (exact) mass is 460 g/mol. The Morgan fingerprint density at radius 1 is 1.00 bits per heavy atom. The molecule has 6 rings (SSSR count). The Kier molecular flexibility index (Phi) is 4.90. The summed E-state index contributed by atoms with van der Waals surface area (Å²) < 4.78 is 5.62. The van der Waals surface area contributed by atoms with Crippen LogP contribution in [-0.4, -0.2) is 53.2 Å². The number of fused-ring (bicyclic) bond motifs is 5. The topological polar surface area (TPSA) is 95.9 Å². The molecule has 2 aliphatic heterocycles. The lowest BCUT2D eigenvalue weighted by Gasteiger charge is -2.28. The van der Waals surface area contributed by atoms with Gasteiger partial charge in [-0.1, -0.05) is 48.5 Å². The molecule has 3 atom stereocenters. The van der Waals surface area contributed by atoms with E-state index in [1.54, 1.807) is 0 Å². The van der Waals surface area contributed by atoms with Gasteiger partial charge in [0.15, 0.2) is 0 Å². The average molecular weight is 461 g/mol. The van der Waals surface area contributed by atoms with E-state index in [1.807, 2.05) is 29.2 Å². The number of nitrogens with one attached hydrogen (secondary N) is 1. The lowest BCUT2D eigenvalue weighted by molar-refractivity contribution is -0.144. The number of amides is 2. The minimum absolute atomic E-state index is 0.00250. The van der Waals surface area contributed by atoms with Gasteiger partial charge in [-0.05, 0) is 54.4 Å². The fraction of sp³-hybridized carbons (Fsp3) is 0.444. The second-order valence-corrected chi connectivity index (χ2v) is 10.2. The molecule has 2 saturated heterocycles. The van der Waals surface area contributed by atoms with E-state index in [9.17, 15) is 19.5 Å². The number of rotatable bonds is 6. The molecule has 1 saturated carbocycles. The maximum Gasteiger partial charge on any atom is 0.407 e. The molecular formula is C27H28N2O5. The van der Waals surface area contributed by atoms with E-state index < -0.39 is 23.4 Å². The zero-order valence-corrected chi connectivity index (χ0v) is 18.9. The van der Waals surface area contributed by atoms with Gasteiger partial charge in [0.05, 0.1) is 11.3 Å². The van der Waals surface area contributed by atoms with E-state index in [0.717, 1.165) is 24.0 Å². The predicted octanol–water partition coefficient (Wildman–Crippen LogP) is 3.77. The zero-order chi connectivity index (χ0) is 23.4. The quantitative estimate of drug-likeness (QED) is 0.684. The van der Waals surface area contributed by atoms with Crippen LogP contribution in [0.25, 0.3) is 11.1 Å². The number of benzene rings is 2. The number of hydrogen-bond acceptors (Lipinski definition) is 4. The van der Waals surface area contributed by atoms with Crippen LogP contribution in [0.5, 0.6) is 0 Å². The summed E-state index contributed by atoms with van der Waals surface area (Å²) in [6.45, 7) is 0.466. The number of carbonyl (C=O) groups excluding carboxylic acids is 2. The molecule has 7 nitrogen and oxygen atoms in total. The lowest BCUT2D eigenvalue weighted by Crippen LogP contribution is -2.46. The highest BCUT2D eigenvalue weighted by Crippen LogP contribution is 2.52. The number of aliphatic carboxylic acids is 1. The molecule has 2 amide bonds. The van der Waals surface area contributed by atoms with E-state index in [4.69, 9.17) is 4.74 Å². The first kappa shape index (κ1) is 21.2. The number of nitrogens with zero attached hydrogens (tertiary/aromatic N) is 1. The lowest BCUT2D eigenvalue weighted by atomic mass is 9.89. The van der Waals surface area contributed by atoms with Crippen LogP contribution in [0.1, 0.15) is 49.1 Å². The molecule has 2 aromatic rings. The van der Waals surface area contributed by atoms with Gasteiger partial charge in [-0.15, -0.1) is 0 Å². The Balaban J connectivity index is 1.08. The Bertz CT molecular complexity index is 1130. The molecule has 2 N–H and O–H groups in total. The molecule has 0 aromatic heterocycles. The third kappa shape index (κ3) is 3.29. The van der Waals surface area contributed by atoms with Crippen LogP contribution in [0.2, 0.25) is 0 Å². The first-order chi connectivity index (χ1) is 16.5. The SMILES string of the molecule is O=C(NCC1(C(=O)N2C3CCC2C(C(=O)O)C3)CC1)OCC1c2ccccc2-c2ccccc21. The van der Waals surface area contributed by atoms with Crippen molar-refractivity contribution in [3.63, 3.8) is 0 Å². The highest BCUT2D eigenvalue weighted by atomic mass is 16.5. The van der Waals surface area contributed by atoms with Crippen LogP contribution >= 0.6 is 0 Å². The van der Waals surface area contributed by atoms with Crippen LogP contribution in [-0.2, 0) is 14.3 Å². The summed E-state index contributed by atoms with van der Waals surface area (Å²) in [6, 6.07) is 16.2. The maximum atomic E-state index is 13.4. The third-order valence-corrected chi connectivity index (χ3v) is 8.31. The minimum Gasteiger partial charge on any atom is -0.481 e. The summed E-state index contributed by atoms with van der Waals surface area (Å²) in [5.74, 6) is -1.29. The summed E-state index contributed by atoms with van der Waals surface area (Å²) >= 11 is 0. The molecule has 34 heavy (non-hydrogen) atoms. The van der Waals surface area contributed by atoms with Gasteiger partial charge in [-0.2, -0.15) is 0 Å². The van der Waals surface area contributed by atoms with Crippen molar-refractivity contribution < 1.29 is 24.2 Å². The van der Waals surface area contributed by atoms with Crippen LogP contribution in [0.15, 0.2) is 48.5 Å². The van der Waals surface area contributed by atoms with Gasteiger partial charge in [0.2, 0.25) is 5.91 Å². The molecule has 2 aliphatic carbocycles. The predicted molar refractivity (Wildman–Crippen MR) is 124 cm³/mol. The molecule has 2 bridgehead atoms.